The van der Waals surface area contributed by atoms with Crippen LogP contribution < -0.4 is 10.2 Å². The normalized spacial score (nSPS) is 11.6. The second kappa shape index (κ2) is 8.00. The number of halogens is 1. The number of hydrogen-bond acceptors (Lipinski definition) is 4. The van der Waals surface area contributed by atoms with E-state index in [0.717, 1.165) is 35.4 Å². The first-order chi connectivity index (χ1) is 14.8. The number of hydrogen-bond donors (Lipinski definition) is 0. The fourth-order valence-corrected chi connectivity index (χ4v) is 4.88. The van der Waals surface area contributed by atoms with E-state index in [1.807, 2.05) is 31.2 Å². The van der Waals surface area contributed by atoms with E-state index in [1.165, 1.54) is 19.4 Å². The van der Waals surface area contributed by atoms with Gasteiger partial charge in [0, 0.05) is 12.7 Å². The van der Waals surface area contributed by atoms with Crippen LogP contribution in [0, 0.1) is 12.7 Å². The number of methoxy groups -OCH3 is 1. The molecule has 1 aromatic heterocycles. The van der Waals surface area contributed by atoms with Crippen LogP contribution in [0.25, 0.3) is 10.9 Å². The molecule has 158 valence electrons. The van der Waals surface area contributed by atoms with Crippen LogP contribution in [-0.4, -0.2) is 20.1 Å². The lowest BCUT2D eigenvalue weighted by atomic mass is 10.1. The minimum absolute atomic E-state index is 0.143. The molecular weight excluding hydrogens is 417 g/mol. The number of rotatable bonds is 5. The third kappa shape index (κ3) is 3.84. The fraction of sp³-hybridized carbons (Fsp3) is 0.125. The molecule has 0 spiro atoms. The van der Waals surface area contributed by atoms with Crippen molar-refractivity contribution >= 4 is 20.7 Å². The average Bonchev–Trinajstić information content (AvgIpc) is 2.77. The summed E-state index contributed by atoms with van der Waals surface area (Å²) in [5.41, 5.74) is 2.01. The Morgan fingerprint density at radius 3 is 2.39 bits per heavy atom. The summed E-state index contributed by atoms with van der Waals surface area (Å²) in [5.74, 6) is -0.109. The lowest BCUT2D eigenvalue weighted by molar-refractivity contribution is 0.415. The van der Waals surface area contributed by atoms with Crippen molar-refractivity contribution < 1.29 is 17.5 Å². The van der Waals surface area contributed by atoms with Crippen molar-refractivity contribution in [3.8, 4) is 5.75 Å². The summed E-state index contributed by atoms with van der Waals surface area (Å²) in [7, 11) is -2.68. The van der Waals surface area contributed by atoms with E-state index < -0.39 is 21.1 Å². The molecule has 31 heavy (non-hydrogen) atoms. The predicted molar refractivity (Wildman–Crippen MR) is 117 cm³/mol. The van der Waals surface area contributed by atoms with Gasteiger partial charge in [-0.05, 0) is 60.5 Å². The molecule has 0 unspecified atom stereocenters. The van der Waals surface area contributed by atoms with Gasteiger partial charge >= 0.3 is 0 Å². The zero-order valence-electron chi connectivity index (χ0n) is 17.0. The molecule has 5 nitrogen and oxygen atoms in total. The summed E-state index contributed by atoms with van der Waals surface area (Å²) in [6.07, 6.45) is 1.36. The molecule has 0 atom stereocenters. The molecule has 0 saturated carbocycles. The molecule has 1 heterocycles. The number of benzene rings is 3. The largest absolute Gasteiger partial charge is 0.497 e. The Kier molecular flexibility index (Phi) is 5.37. The van der Waals surface area contributed by atoms with Gasteiger partial charge in [-0.2, -0.15) is 0 Å². The number of pyridine rings is 1. The van der Waals surface area contributed by atoms with Gasteiger partial charge in [0.1, 0.15) is 16.5 Å². The standard InChI is InChI=1S/C24H20FNO4S/c1-16-5-3-4-6-17(16)14-26-15-23(31(28,29)20-10-7-18(25)8-11-20)24(27)21-13-19(30-2)9-12-22(21)26/h3-13,15H,14H2,1-2H3. The van der Waals surface area contributed by atoms with Crippen LogP contribution in [-0.2, 0) is 16.4 Å². The van der Waals surface area contributed by atoms with Crippen LogP contribution in [0.5, 0.6) is 5.75 Å². The maximum atomic E-state index is 13.3. The molecule has 4 rings (SSSR count). The molecule has 0 bridgehead atoms. The van der Waals surface area contributed by atoms with Crippen LogP contribution in [0.15, 0.2) is 87.5 Å². The van der Waals surface area contributed by atoms with Crippen LogP contribution in [0.4, 0.5) is 4.39 Å². The predicted octanol–water partition coefficient (Wildman–Crippen LogP) is 4.34. The van der Waals surface area contributed by atoms with Crippen molar-refractivity contribution in [2.75, 3.05) is 7.11 Å². The lowest BCUT2D eigenvalue weighted by Crippen LogP contribution is -2.20. The van der Waals surface area contributed by atoms with Crippen molar-refractivity contribution in [2.45, 2.75) is 23.3 Å². The minimum atomic E-state index is -4.16. The van der Waals surface area contributed by atoms with Crippen molar-refractivity contribution in [3.05, 3.63) is 100 Å². The maximum absolute atomic E-state index is 13.3. The van der Waals surface area contributed by atoms with Gasteiger partial charge in [-0.25, -0.2) is 12.8 Å². The topological polar surface area (TPSA) is 65.4 Å². The summed E-state index contributed by atoms with van der Waals surface area (Å²) in [5, 5.41) is 0.233. The highest BCUT2D eigenvalue weighted by molar-refractivity contribution is 7.91. The van der Waals surface area contributed by atoms with E-state index in [1.54, 1.807) is 16.7 Å². The molecular formula is C24H20FNO4S. The minimum Gasteiger partial charge on any atom is -0.497 e. The van der Waals surface area contributed by atoms with Crippen LogP contribution in [0.3, 0.4) is 0 Å². The van der Waals surface area contributed by atoms with Crippen LogP contribution in [0.2, 0.25) is 0 Å². The first-order valence-electron chi connectivity index (χ1n) is 9.57. The van der Waals surface area contributed by atoms with Gasteiger partial charge in [0.05, 0.1) is 22.9 Å². The summed E-state index contributed by atoms with van der Waals surface area (Å²) >= 11 is 0. The number of nitrogens with zero attached hydrogens (tertiary/aromatic N) is 1. The highest BCUT2D eigenvalue weighted by Gasteiger charge is 2.24. The van der Waals surface area contributed by atoms with Gasteiger partial charge in [0.25, 0.3) is 0 Å². The number of aryl methyl sites for hydroxylation is 1. The Hall–Kier alpha value is -3.45. The SMILES string of the molecule is COc1ccc2c(c1)c(=O)c(S(=O)(=O)c1ccc(F)cc1)cn2Cc1ccccc1C. The van der Waals surface area contributed by atoms with E-state index in [0.29, 0.717) is 17.8 Å². The molecule has 0 aliphatic carbocycles. The molecule has 0 aliphatic rings. The molecule has 0 N–H and O–H groups in total. The zero-order chi connectivity index (χ0) is 22.2. The van der Waals surface area contributed by atoms with E-state index >= 15 is 0 Å². The first kappa shape index (κ1) is 20.8. The smallest absolute Gasteiger partial charge is 0.211 e. The number of ether oxygens (including phenoxy) is 1. The summed E-state index contributed by atoms with van der Waals surface area (Å²) in [4.78, 5) is 12.7. The maximum Gasteiger partial charge on any atom is 0.211 e. The molecule has 0 fully saturated rings. The van der Waals surface area contributed by atoms with Crippen LogP contribution in [0.1, 0.15) is 11.1 Å². The van der Waals surface area contributed by atoms with Gasteiger partial charge in [-0.1, -0.05) is 24.3 Å². The summed E-state index contributed by atoms with van der Waals surface area (Å²) in [6, 6.07) is 17.2. The Morgan fingerprint density at radius 2 is 1.71 bits per heavy atom. The van der Waals surface area contributed by atoms with E-state index in [4.69, 9.17) is 4.74 Å². The Morgan fingerprint density at radius 1 is 1.00 bits per heavy atom. The summed E-state index contributed by atoms with van der Waals surface area (Å²) in [6.45, 7) is 2.35. The van der Waals surface area contributed by atoms with Gasteiger partial charge in [-0.3, -0.25) is 4.79 Å². The van der Waals surface area contributed by atoms with Crippen molar-refractivity contribution in [2.24, 2.45) is 0 Å². The summed E-state index contributed by atoms with van der Waals surface area (Å²) < 4.78 is 46.8. The van der Waals surface area contributed by atoms with E-state index in [2.05, 4.69) is 0 Å². The van der Waals surface area contributed by atoms with Gasteiger partial charge in [0.15, 0.2) is 0 Å². The highest BCUT2D eigenvalue weighted by atomic mass is 32.2. The number of aromatic nitrogens is 1. The number of fused-ring (bicyclic) bond motifs is 1. The molecule has 0 aliphatic heterocycles. The monoisotopic (exact) mass is 437 g/mol. The second-order valence-electron chi connectivity index (χ2n) is 7.22. The van der Waals surface area contributed by atoms with Crippen LogP contribution >= 0.6 is 0 Å². The number of sulfone groups is 1. The molecule has 7 heteroatoms. The lowest BCUT2D eigenvalue weighted by Gasteiger charge is -2.16. The zero-order valence-corrected chi connectivity index (χ0v) is 17.8. The third-order valence-electron chi connectivity index (χ3n) is 5.27. The third-order valence-corrected chi connectivity index (χ3v) is 7.03. The van der Waals surface area contributed by atoms with Gasteiger partial charge in [-0.15, -0.1) is 0 Å². The van der Waals surface area contributed by atoms with Gasteiger partial charge < -0.3 is 9.30 Å². The first-order valence-corrected chi connectivity index (χ1v) is 11.1. The molecule has 4 aromatic rings. The van der Waals surface area contributed by atoms with Crippen molar-refractivity contribution in [3.63, 3.8) is 0 Å². The van der Waals surface area contributed by atoms with E-state index in [9.17, 15) is 17.6 Å². The average molecular weight is 437 g/mol. The highest BCUT2D eigenvalue weighted by Crippen LogP contribution is 2.25. The van der Waals surface area contributed by atoms with Crippen molar-refractivity contribution in [1.82, 2.24) is 4.57 Å². The van der Waals surface area contributed by atoms with Gasteiger partial charge in [0.2, 0.25) is 15.3 Å². The molecule has 0 radical (unpaired) electrons. The Bertz CT molecular complexity index is 1440. The molecule has 0 saturated heterocycles. The molecule has 0 amide bonds. The fourth-order valence-electron chi connectivity index (χ4n) is 3.51. The Balaban J connectivity index is 1.99. The quantitative estimate of drug-likeness (QED) is 0.436. The Labute approximate surface area is 179 Å². The van der Waals surface area contributed by atoms with E-state index in [-0.39, 0.29) is 15.2 Å². The van der Waals surface area contributed by atoms with Crippen molar-refractivity contribution in [1.29, 1.82) is 0 Å². The molecule has 3 aromatic carbocycles. The second-order valence-corrected chi connectivity index (χ2v) is 9.14.